The molecule has 4 heteroatoms. The van der Waals surface area contributed by atoms with Crippen LogP contribution in [0.2, 0.25) is 0 Å². The van der Waals surface area contributed by atoms with Crippen molar-refractivity contribution in [3.63, 3.8) is 0 Å². The number of anilines is 1. The Bertz CT molecular complexity index is 504. The molecule has 0 aliphatic carbocycles. The van der Waals surface area contributed by atoms with Gasteiger partial charge in [-0.05, 0) is 22.4 Å². The molecule has 3 rings (SSSR count). The fourth-order valence-electron chi connectivity index (χ4n) is 2.06. The number of fused-ring (bicyclic) bond motifs is 1. The summed E-state index contributed by atoms with van der Waals surface area (Å²) in [4.78, 5) is 4.58. The van der Waals surface area contributed by atoms with E-state index in [1.54, 1.807) is 0 Å². The minimum absolute atomic E-state index is 0.908. The van der Waals surface area contributed by atoms with Crippen LogP contribution < -0.4 is 5.32 Å². The van der Waals surface area contributed by atoms with Crippen LogP contribution in [-0.4, -0.2) is 16.1 Å². The molecule has 1 aromatic carbocycles. The van der Waals surface area contributed by atoms with Gasteiger partial charge >= 0.3 is 0 Å². The van der Waals surface area contributed by atoms with Crippen LogP contribution in [0.1, 0.15) is 6.42 Å². The molecule has 0 spiro atoms. The summed E-state index contributed by atoms with van der Waals surface area (Å²) in [5.74, 6) is 2.14. The molecule has 0 saturated heterocycles. The summed E-state index contributed by atoms with van der Waals surface area (Å²) in [5, 5.41) is 3.37. The van der Waals surface area contributed by atoms with E-state index in [1.807, 2.05) is 18.2 Å². The predicted molar refractivity (Wildman–Crippen MR) is 68.5 cm³/mol. The zero-order valence-corrected chi connectivity index (χ0v) is 10.4. The lowest BCUT2D eigenvalue weighted by atomic mass is 10.2. The van der Waals surface area contributed by atoms with Crippen molar-refractivity contribution in [1.29, 1.82) is 0 Å². The second-order valence-electron chi connectivity index (χ2n) is 3.87. The summed E-state index contributed by atoms with van der Waals surface area (Å²) in [5.41, 5.74) is 1.16. The minimum atomic E-state index is 0.908. The van der Waals surface area contributed by atoms with Gasteiger partial charge in [0, 0.05) is 18.7 Å². The largest absolute Gasteiger partial charge is 0.369 e. The number of hydrogen-bond acceptors (Lipinski definition) is 2. The fourth-order valence-corrected chi connectivity index (χ4v) is 2.58. The molecule has 0 radical (unpaired) electrons. The third-order valence-electron chi connectivity index (χ3n) is 2.81. The first kappa shape index (κ1) is 9.90. The van der Waals surface area contributed by atoms with Crippen LogP contribution in [0.25, 0.3) is 11.4 Å². The molecule has 1 aliphatic heterocycles. The highest BCUT2D eigenvalue weighted by molar-refractivity contribution is 9.10. The average Bonchev–Trinajstić information content (AvgIpc) is 2.69. The topological polar surface area (TPSA) is 29.9 Å². The number of nitrogens with one attached hydrogen (secondary N) is 1. The first-order chi connectivity index (χ1) is 7.86. The highest BCUT2D eigenvalue weighted by Crippen LogP contribution is 2.31. The number of hydrogen-bond donors (Lipinski definition) is 1. The van der Waals surface area contributed by atoms with E-state index in [4.69, 9.17) is 0 Å². The Kier molecular flexibility index (Phi) is 2.44. The van der Waals surface area contributed by atoms with Gasteiger partial charge < -0.3 is 9.88 Å². The van der Waals surface area contributed by atoms with Crippen molar-refractivity contribution in [3.05, 3.63) is 34.9 Å². The Hall–Kier alpha value is -1.29. The van der Waals surface area contributed by atoms with E-state index >= 15 is 0 Å². The van der Waals surface area contributed by atoms with Crippen molar-refractivity contribution in [2.75, 3.05) is 11.9 Å². The molecule has 2 heterocycles. The smallest absolute Gasteiger partial charge is 0.149 e. The van der Waals surface area contributed by atoms with Gasteiger partial charge in [-0.15, -0.1) is 0 Å². The molecule has 0 bridgehead atoms. The molecule has 1 N–H and O–H groups in total. The van der Waals surface area contributed by atoms with Crippen molar-refractivity contribution < 1.29 is 0 Å². The van der Waals surface area contributed by atoms with Crippen LogP contribution in [0.5, 0.6) is 0 Å². The molecule has 0 saturated carbocycles. The van der Waals surface area contributed by atoms with E-state index < -0.39 is 0 Å². The quantitative estimate of drug-likeness (QED) is 0.868. The van der Waals surface area contributed by atoms with Crippen molar-refractivity contribution in [3.8, 4) is 11.4 Å². The Balaban J connectivity index is 2.15. The molecule has 16 heavy (non-hydrogen) atoms. The molecule has 0 atom stereocenters. The van der Waals surface area contributed by atoms with E-state index in [2.05, 4.69) is 42.9 Å². The number of nitrogens with zero attached hydrogens (tertiary/aromatic N) is 2. The molecular formula is C12H12BrN3. The Morgan fingerprint density at radius 1 is 1.25 bits per heavy atom. The highest BCUT2D eigenvalue weighted by atomic mass is 79.9. The van der Waals surface area contributed by atoms with Gasteiger partial charge in [0.15, 0.2) is 0 Å². The summed E-state index contributed by atoms with van der Waals surface area (Å²) in [6.45, 7) is 2.06. The minimum Gasteiger partial charge on any atom is -0.369 e. The van der Waals surface area contributed by atoms with Crippen LogP contribution in [0.4, 0.5) is 5.82 Å². The highest BCUT2D eigenvalue weighted by Gasteiger charge is 2.18. The Morgan fingerprint density at radius 3 is 2.88 bits per heavy atom. The maximum Gasteiger partial charge on any atom is 0.149 e. The zero-order valence-electron chi connectivity index (χ0n) is 8.78. The molecule has 82 valence electrons. The molecule has 0 fully saturated rings. The number of imidazole rings is 1. The van der Waals surface area contributed by atoms with Gasteiger partial charge in [-0.1, -0.05) is 30.3 Å². The van der Waals surface area contributed by atoms with Crippen molar-refractivity contribution in [1.82, 2.24) is 9.55 Å². The van der Waals surface area contributed by atoms with E-state index in [0.717, 1.165) is 41.3 Å². The van der Waals surface area contributed by atoms with Gasteiger partial charge in [-0.2, -0.15) is 0 Å². The van der Waals surface area contributed by atoms with Crippen LogP contribution >= 0.6 is 15.9 Å². The van der Waals surface area contributed by atoms with Gasteiger partial charge in [-0.3, -0.25) is 0 Å². The molecule has 1 aliphatic rings. The van der Waals surface area contributed by atoms with Crippen LogP contribution in [0.15, 0.2) is 34.9 Å². The van der Waals surface area contributed by atoms with Gasteiger partial charge in [0.05, 0.1) is 0 Å². The van der Waals surface area contributed by atoms with Crippen LogP contribution in [0.3, 0.4) is 0 Å². The summed E-state index contributed by atoms with van der Waals surface area (Å²) in [6.07, 6.45) is 1.15. The van der Waals surface area contributed by atoms with Gasteiger partial charge in [0.25, 0.3) is 0 Å². The third-order valence-corrected chi connectivity index (χ3v) is 3.36. The maximum absolute atomic E-state index is 4.58. The van der Waals surface area contributed by atoms with E-state index in [9.17, 15) is 0 Å². The monoisotopic (exact) mass is 277 g/mol. The number of aromatic nitrogens is 2. The summed E-state index contributed by atoms with van der Waals surface area (Å²) >= 11 is 3.51. The van der Waals surface area contributed by atoms with E-state index in [-0.39, 0.29) is 0 Å². The normalized spacial score (nSPS) is 14.3. The third kappa shape index (κ3) is 1.53. The van der Waals surface area contributed by atoms with Crippen molar-refractivity contribution >= 4 is 21.7 Å². The van der Waals surface area contributed by atoms with Gasteiger partial charge in [-0.25, -0.2) is 4.98 Å². The van der Waals surface area contributed by atoms with Crippen LogP contribution in [0, 0.1) is 0 Å². The fraction of sp³-hybridized carbons (Fsp3) is 0.250. The Labute approximate surface area is 103 Å². The number of rotatable bonds is 1. The molecule has 2 aromatic rings. The van der Waals surface area contributed by atoms with Gasteiger partial charge in [0.1, 0.15) is 16.2 Å². The Morgan fingerprint density at radius 2 is 2.06 bits per heavy atom. The SMILES string of the molecule is Brc1nc(-c2ccccc2)n2c1NCCC2. The van der Waals surface area contributed by atoms with Gasteiger partial charge in [0.2, 0.25) is 0 Å². The molecule has 3 nitrogen and oxygen atoms in total. The first-order valence-electron chi connectivity index (χ1n) is 5.41. The van der Waals surface area contributed by atoms with E-state index in [1.165, 1.54) is 0 Å². The lowest BCUT2D eigenvalue weighted by Crippen LogP contribution is -2.17. The van der Waals surface area contributed by atoms with E-state index in [0.29, 0.717) is 0 Å². The summed E-state index contributed by atoms with van der Waals surface area (Å²) in [6, 6.07) is 10.3. The molecular weight excluding hydrogens is 266 g/mol. The average molecular weight is 278 g/mol. The van der Waals surface area contributed by atoms with Crippen molar-refractivity contribution in [2.24, 2.45) is 0 Å². The number of benzene rings is 1. The summed E-state index contributed by atoms with van der Waals surface area (Å²) in [7, 11) is 0. The standard InChI is InChI=1S/C12H12BrN3/c13-10-12-14-7-4-8-16(12)11(15-10)9-5-2-1-3-6-9/h1-3,5-6,14H,4,7-8H2. The molecule has 0 unspecified atom stereocenters. The second-order valence-corrected chi connectivity index (χ2v) is 4.62. The predicted octanol–water partition coefficient (Wildman–Crippen LogP) is 3.13. The maximum atomic E-state index is 4.58. The first-order valence-corrected chi connectivity index (χ1v) is 6.21. The van der Waals surface area contributed by atoms with Crippen molar-refractivity contribution in [2.45, 2.75) is 13.0 Å². The zero-order chi connectivity index (χ0) is 11.0. The molecule has 0 amide bonds. The lowest BCUT2D eigenvalue weighted by molar-refractivity contribution is 0.635. The molecule has 1 aromatic heterocycles. The number of halogens is 1. The second kappa shape index (κ2) is 3.94. The summed E-state index contributed by atoms with van der Waals surface area (Å²) < 4.78 is 3.15. The van der Waals surface area contributed by atoms with Crippen LogP contribution in [-0.2, 0) is 6.54 Å². The lowest BCUT2D eigenvalue weighted by Gasteiger charge is -2.18.